The van der Waals surface area contributed by atoms with Crippen molar-refractivity contribution in [3.8, 4) is 0 Å². The van der Waals surface area contributed by atoms with E-state index in [1.54, 1.807) is 0 Å². The molecule has 0 heterocycles. The Kier molecular flexibility index (Phi) is 5.20. The standard InChI is InChI=1S/C7H9F6NO3/c8-6(9,10)4(7(11,12)13)3(5(16)17)14-1-2-15/h3-4,14-15H,1-2H2,(H,16,17)/t3-/m0/s1. The van der Waals surface area contributed by atoms with E-state index in [-0.39, 0.29) is 0 Å². The Hall–Kier alpha value is -1.03. The van der Waals surface area contributed by atoms with E-state index in [4.69, 9.17) is 10.2 Å². The van der Waals surface area contributed by atoms with Crippen molar-refractivity contribution in [2.75, 3.05) is 13.2 Å². The van der Waals surface area contributed by atoms with E-state index in [0.29, 0.717) is 0 Å². The van der Waals surface area contributed by atoms with Crippen LogP contribution in [0, 0.1) is 5.92 Å². The summed E-state index contributed by atoms with van der Waals surface area (Å²) in [7, 11) is 0. The lowest BCUT2D eigenvalue weighted by Crippen LogP contribution is -2.55. The Bertz CT molecular complexity index is 249. The minimum atomic E-state index is -5.75. The van der Waals surface area contributed by atoms with Crippen LogP contribution in [0.3, 0.4) is 0 Å². The van der Waals surface area contributed by atoms with Gasteiger partial charge in [-0.3, -0.25) is 4.79 Å². The third-order valence-corrected chi connectivity index (χ3v) is 1.78. The summed E-state index contributed by atoms with van der Waals surface area (Å²) in [4.78, 5) is 10.4. The number of hydrogen-bond acceptors (Lipinski definition) is 3. The molecule has 0 unspecified atom stereocenters. The average Bonchev–Trinajstić information content (AvgIpc) is 2.06. The van der Waals surface area contributed by atoms with Crippen molar-refractivity contribution >= 4 is 5.97 Å². The van der Waals surface area contributed by atoms with Gasteiger partial charge < -0.3 is 15.5 Å². The molecule has 0 aliphatic carbocycles. The molecule has 0 radical (unpaired) electrons. The number of aliphatic hydroxyl groups excluding tert-OH is 1. The first-order valence-electron chi connectivity index (χ1n) is 4.22. The number of rotatable bonds is 5. The predicted molar refractivity (Wildman–Crippen MR) is 42.1 cm³/mol. The maximum absolute atomic E-state index is 12.2. The summed E-state index contributed by atoms with van der Waals surface area (Å²) >= 11 is 0. The SMILES string of the molecule is O=C(O)[C@@H](NCCO)C(C(F)(F)F)C(F)(F)F. The van der Waals surface area contributed by atoms with Gasteiger partial charge in [-0.1, -0.05) is 0 Å². The van der Waals surface area contributed by atoms with Crippen LogP contribution in [-0.4, -0.2) is 47.7 Å². The van der Waals surface area contributed by atoms with Gasteiger partial charge >= 0.3 is 18.3 Å². The van der Waals surface area contributed by atoms with E-state index in [9.17, 15) is 31.1 Å². The van der Waals surface area contributed by atoms with E-state index >= 15 is 0 Å². The Morgan fingerprint density at radius 1 is 1.12 bits per heavy atom. The summed E-state index contributed by atoms with van der Waals surface area (Å²) in [5, 5.41) is 18.1. The predicted octanol–water partition coefficient (Wildman–Crippen LogP) is 0.762. The van der Waals surface area contributed by atoms with Crippen molar-refractivity contribution in [3.63, 3.8) is 0 Å². The fraction of sp³-hybridized carbons (Fsp3) is 0.857. The van der Waals surface area contributed by atoms with Crippen LogP contribution >= 0.6 is 0 Å². The number of aliphatic carboxylic acids is 1. The first kappa shape index (κ1) is 16.0. The third kappa shape index (κ3) is 4.77. The average molecular weight is 269 g/mol. The molecule has 3 N–H and O–H groups in total. The Morgan fingerprint density at radius 3 is 1.76 bits per heavy atom. The molecule has 0 spiro atoms. The Labute approximate surface area is 91.2 Å². The van der Waals surface area contributed by atoms with Crippen LogP contribution in [-0.2, 0) is 4.79 Å². The summed E-state index contributed by atoms with van der Waals surface area (Å²) in [6.07, 6.45) is -11.5. The molecular weight excluding hydrogens is 260 g/mol. The minimum absolute atomic E-state index is 0.695. The fourth-order valence-electron chi connectivity index (χ4n) is 1.13. The first-order valence-corrected chi connectivity index (χ1v) is 4.22. The van der Waals surface area contributed by atoms with Gasteiger partial charge in [-0.05, 0) is 0 Å². The van der Waals surface area contributed by atoms with Gasteiger partial charge in [-0.15, -0.1) is 0 Å². The molecule has 0 aliphatic rings. The fourth-order valence-corrected chi connectivity index (χ4v) is 1.13. The maximum Gasteiger partial charge on any atom is 0.402 e. The van der Waals surface area contributed by atoms with Crippen LogP contribution in [0.15, 0.2) is 0 Å². The number of alkyl halides is 6. The Morgan fingerprint density at radius 2 is 1.53 bits per heavy atom. The molecule has 0 amide bonds. The smallest absolute Gasteiger partial charge is 0.402 e. The molecule has 102 valence electrons. The minimum Gasteiger partial charge on any atom is -0.480 e. The summed E-state index contributed by atoms with van der Waals surface area (Å²) in [6.45, 7) is -1.48. The van der Waals surface area contributed by atoms with Gasteiger partial charge in [-0.25, -0.2) is 0 Å². The summed E-state index contributed by atoms with van der Waals surface area (Å²) in [6, 6.07) is -2.89. The van der Waals surface area contributed by atoms with Crippen LogP contribution in [0.5, 0.6) is 0 Å². The highest BCUT2D eigenvalue weighted by Crippen LogP contribution is 2.41. The van der Waals surface area contributed by atoms with E-state index in [2.05, 4.69) is 0 Å². The normalized spacial score (nSPS) is 15.1. The van der Waals surface area contributed by atoms with Crippen LogP contribution < -0.4 is 5.32 Å². The first-order chi connectivity index (χ1) is 7.51. The summed E-state index contributed by atoms with van der Waals surface area (Å²) < 4.78 is 73.0. The van der Waals surface area contributed by atoms with Crippen molar-refractivity contribution in [2.45, 2.75) is 18.4 Å². The van der Waals surface area contributed by atoms with Gasteiger partial charge in [0.1, 0.15) is 6.04 Å². The summed E-state index contributed by atoms with van der Waals surface area (Å²) in [5.41, 5.74) is 0. The van der Waals surface area contributed by atoms with Crippen LogP contribution in [0.1, 0.15) is 0 Å². The number of halogens is 6. The molecule has 0 aromatic heterocycles. The van der Waals surface area contributed by atoms with E-state index in [0.717, 1.165) is 0 Å². The second-order valence-corrected chi connectivity index (χ2v) is 3.05. The third-order valence-electron chi connectivity index (χ3n) is 1.78. The second kappa shape index (κ2) is 5.54. The molecule has 10 heteroatoms. The highest BCUT2D eigenvalue weighted by Gasteiger charge is 2.62. The molecule has 0 aromatic carbocycles. The molecule has 0 bridgehead atoms. The largest absolute Gasteiger partial charge is 0.480 e. The number of carboxylic acids is 1. The van der Waals surface area contributed by atoms with Crippen molar-refractivity contribution < 1.29 is 41.4 Å². The molecule has 17 heavy (non-hydrogen) atoms. The zero-order valence-corrected chi connectivity index (χ0v) is 8.14. The zero-order chi connectivity index (χ0) is 13.9. The monoisotopic (exact) mass is 269 g/mol. The quantitative estimate of drug-likeness (QED) is 0.644. The molecule has 0 fully saturated rings. The van der Waals surface area contributed by atoms with Crippen molar-refractivity contribution in [2.24, 2.45) is 5.92 Å². The van der Waals surface area contributed by atoms with Gasteiger partial charge in [0.25, 0.3) is 0 Å². The van der Waals surface area contributed by atoms with Crippen LogP contribution in [0.2, 0.25) is 0 Å². The number of nitrogens with one attached hydrogen (secondary N) is 1. The lowest BCUT2D eigenvalue weighted by Gasteiger charge is -2.28. The van der Waals surface area contributed by atoms with E-state index in [1.807, 2.05) is 0 Å². The number of carbonyl (C=O) groups is 1. The molecule has 0 rings (SSSR count). The van der Waals surface area contributed by atoms with Crippen LogP contribution in [0.25, 0.3) is 0 Å². The van der Waals surface area contributed by atoms with E-state index in [1.165, 1.54) is 5.32 Å². The van der Waals surface area contributed by atoms with E-state index < -0.39 is 43.4 Å². The molecule has 0 aromatic rings. The highest BCUT2D eigenvalue weighted by atomic mass is 19.4. The lowest BCUT2D eigenvalue weighted by molar-refractivity contribution is -0.291. The van der Waals surface area contributed by atoms with Gasteiger partial charge in [0, 0.05) is 6.54 Å². The molecule has 0 saturated heterocycles. The van der Waals surface area contributed by atoms with Crippen molar-refractivity contribution in [1.29, 1.82) is 0 Å². The zero-order valence-electron chi connectivity index (χ0n) is 8.14. The molecule has 0 aliphatic heterocycles. The van der Waals surface area contributed by atoms with Gasteiger partial charge in [0.05, 0.1) is 6.61 Å². The highest BCUT2D eigenvalue weighted by molar-refractivity contribution is 5.74. The molecule has 4 nitrogen and oxygen atoms in total. The molecule has 1 atom stereocenters. The lowest BCUT2D eigenvalue weighted by atomic mass is 9.98. The summed E-state index contributed by atoms with van der Waals surface area (Å²) in [5.74, 6) is -6.32. The second-order valence-electron chi connectivity index (χ2n) is 3.05. The van der Waals surface area contributed by atoms with Crippen molar-refractivity contribution in [3.05, 3.63) is 0 Å². The van der Waals surface area contributed by atoms with Gasteiger partial charge in [0.15, 0.2) is 5.92 Å². The Balaban J connectivity index is 5.17. The van der Waals surface area contributed by atoms with Crippen LogP contribution in [0.4, 0.5) is 26.3 Å². The number of carboxylic acid groups (broad SMARTS) is 1. The van der Waals surface area contributed by atoms with Gasteiger partial charge in [-0.2, -0.15) is 26.3 Å². The van der Waals surface area contributed by atoms with Gasteiger partial charge in [0.2, 0.25) is 0 Å². The topological polar surface area (TPSA) is 69.6 Å². The number of hydrogen-bond donors (Lipinski definition) is 3. The maximum atomic E-state index is 12.2. The molecular formula is C7H9F6NO3. The molecule has 0 saturated carbocycles. The van der Waals surface area contributed by atoms with Crippen molar-refractivity contribution in [1.82, 2.24) is 5.32 Å². The number of aliphatic hydroxyl groups is 1.